The molecule has 0 amide bonds. The van der Waals surface area contributed by atoms with Crippen molar-refractivity contribution in [3.8, 4) is 5.75 Å². The van der Waals surface area contributed by atoms with Gasteiger partial charge in [-0.05, 0) is 42.7 Å². The van der Waals surface area contributed by atoms with Crippen LogP contribution in [0.5, 0.6) is 5.75 Å². The van der Waals surface area contributed by atoms with E-state index in [-0.39, 0.29) is 5.57 Å². The molecule has 0 heterocycles. The molecule has 0 aliphatic rings. The van der Waals surface area contributed by atoms with E-state index in [0.717, 1.165) is 19.3 Å². The number of hydrogen-bond donors (Lipinski definition) is 1. The van der Waals surface area contributed by atoms with E-state index in [0.29, 0.717) is 29.0 Å². The molecule has 0 fully saturated rings. The average Bonchev–Trinajstić information content (AvgIpc) is 2.60. The summed E-state index contributed by atoms with van der Waals surface area (Å²) in [5.41, 5.74) is 1.51. The molecule has 0 bridgehead atoms. The Hall–Kier alpha value is -2.62. The number of aryl methyl sites for hydroxylation is 1. The Bertz CT molecular complexity index is 765. The van der Waals surface area contributed by atoms with Gasteiger partial charge in [0.25, 0.3) is 0 Å². The molecule has 2 rings (SSSR count). The Labute approximate surface area is 147 Å². The van der Waals surface area contributed by atoms with Gasteiger partial charge >= 0.3 is 5.97 Å². The summed E-state index contributed by atoms with van der Waals surface area (Å²) in [6.45, 7) is 4.35. The van der Waals surface area contributed by atoms with Crippen LogP contribution < -0.4 is 4.74 Å². The van der Waals surface area contributed by atoms with Gasteiger partial charge in [-0.1, -0.05) is 50.1 Å². The fraction of sp³-hybridized carbons (Fsp3) is 0.286. The largest absolute Gasteiger partial charge is 0.493 e. The lowest BCUT2D eigenvalue weighted by Crippen LogP contribution is -2.02. The summed E-state index contributed by atoms with van der Waals surface area (Å²) in [4.78, 5) is 11.7. The third kappa shape index (κ3) is 5.18. The van der Waals surface area contributed by atoms with E-state index in [2.05, 4.69) is 6.92 Å². The van der Waals surface area contributed by atoms with Gasteiger partial charge in [-0.3, -0.25) is 0 Å². The summed E-state index contributed by atoms with van der Waals surface area (Å²) in [7, 11) is 0. The minimum absolute atomic E-state index is 0.0310. The number of benzene rings is 2. The fourth-order valence-corrected chi connectivity index (χ4v) is 2.45. The third-order valence-electron chi connectivity index (χ3n) is 3.94. The van der Waals surface area contributed by atoms with Crippen molar-refractivity contribution in [1.29, 1.82) is 0 Å². The monoisotopic (exact) mass is 342 g/mol. The second kappa shape index (κ2) is 9.02. The van der Waals surface area contributed by atoms with Gasteiger partial charge in [0.2, 0.25) is 0 Å². The van der Waals surface area contributed by atoms with Crippen LogP contribution in [0, 0.1) is 12.7 Å². The lowest BCUT2D eigenvalue weighted by Gasteiger charge is -2.10. The maximum Gasteiger partial charge on any atom is 0.336 e. The van der Waals surface area contributed by atoms with E-state index in [1.807, 2.05) is 18.2 Å². The zero-order valence-electron chi connectivity index (χ0n) is 14.6. The van der Waals surface area contributed by atoms with Gasteiger partial charge in [0.1, 0.15) is 11.6 Å². The Balaban J connectivity index is 2.34. The number of ether oxygens (including phenoxy) is 1. The normalized spacial score (nSPS) is 11.4. The van der Waals surface area contributed by atoms with Crippen LogP contribution in [0.4, 0.5) is 4.39 Å². The van der Waals surface area contributed by atoms with Crippen LogP contribution in [0.3, 0.4) is 0 Å². The molecule has 0 aromatic heterocycles. The molecular weight excluding hydrogens is 319 g/mol. The van der Waals surface area contributed by atoms with Gasteiger partial charge < -0.3 is 9.84 Å². The fourth-order valence-electron chi connectivity index (χ4n) is 2.45. The first-order valence-electron chi connectivity index (χ1n) is 8.46. The maximum atomic E-state index is 13.8. The average molecular weight is 342 g/mol. The molecule has 0 saturated carbocycles. The zero-order valence-corrected chi connectivity index (χ0v) is 14.6. The van der Waals surface area contributed by atoms with Gasteiger partial charge in [0.05, 0.1) is 12.2 Å². The van der Waals surface area contributed by atoms with Crippen LogP contribution in [-0.2, 0) is 4.79 Å². The highest BCUT2D eigenvalue weighted by molar-refractivity contribution is 6.20. The predicted octanol–water partition coefficient (Wildman–Crippen LogP) is 5.33. The van der Waals surface area contributed by atoms with E-state index in [1.54, 1.807) is 25.1 Å². The molecule has 0 aliphatic heterocycles. The summed E-state index contributed by atoms with van der Waals surface area (Å²) >= 11 is 0. The molecule has 2 aromatic carbocycles. The number of halogens is 1. The number of hydrogen-bond acceptors (Lipinski definition) is 2. The molecule has 0 radical (unpaired) electrons. The molecule has 2 aromatic rings. The molecule has 1 N–H and O–H groups in total. The molecule has 0 aliphatic carbocycles. The van der Waals surface area contributed by atoms with Gasteiger partial charge in [-0.15, -0.1) is 0 Å². The number of carboxylic acid groups (broad SMARTS) is 1. The molecule has 0 atom stereocenters. The zero-order chi connectivity index (χ0) is 18.2. The second-order valence-electron chi connectivity index (χ2n) is 5.92. The molecule has 4 heteroatoms. The summed E-state index contributed by atoms with van der Waals surface area (Å²) in [6, 6.07) is 11.7. The van der Waals surface area contributed by atoms with Crippen LogP contribution in [0.1, 0.15) is 42.9 Å². The minimum atomic E-state index is -1.11. The summed E-state index contributed by atoms with van der Waals surface area (Å²) in [5.74, 6) is -0.900. The van der Waals surface area contributed by atoms with Crippen molar-refractivity contribution in [2.24, 2.45) is 0 Å². The first-order valence-corrected chi connectivity index (χ1v) is 8.46. The van der Waals surface area contributed by atoms with Crippen LogP contribution in [0.2, 0.25) is 0 Å². The SMILES string of the molecule is CCCCCOc1ccccc1/C=C(\C(=O)O)c1ccc(C)c(F)c1. The smallest absolute Gasteiger partial charge is 0.336 e. The number of unbranched alkanes of at least 4 members (excludes halogenated alkanes) is 2. The molecule has 132 valence electrons. The predicted molar refractivity (Wildman–Crippen MR) is 98.1 cm³/mol. The highest BCUT2D eigenvalue weighted by Crippen LogP contribution is 2.26. The van der Waals surface area contributed by atoms with E-state index in [1.165, 1.54) is 12.1 Å². The minimum Gasteiger partial charge on any atom is -0.493 e. The summed E-state index contributed by atoms with van der Waals surface area (Å²) in [6.07, 6.45) is 4.67. The molecular formula is C21H23FO3. The summed E-state index contributed by atoms with van der Waals surface area (Å²) in [5, 5.41) is 9.55. The van der Waals surface area contributed by atoms with Gasteiger partial charge in [0.15, 0.2) is 0 Å². The van der Waals surface area contributed by atoms with Crippen LogP contribution in [0.25, 0.3) is 11.6 Å². The second-order valence-corrected chi connectivity index (χ2v) is 5.92. The van der Waals surface area contributed by atoms with Crippen LogP contribution in [0.15, 0.2) is 42.5 Å². The Morgan fingerprint density at radius 2 is 1.96 bits per heavy atom. The van der Waals surface area contributed by atoms with Crippen LogP contribution >= 0.6 is 0 Å². The molecule has 0 unspecified atom stereocenters. The number of aliphatic carboxylic acids is 1. The highest BCUT2D eigenvalue weighted by Gasteiger charge is 2.13. The number of rotatable bonds is 8. The molecule has 0 saturated heterocycles. The topological polar surface area (TPSA) is 46.5 Å². The van der Waals surface area contributed by atoms with E-state index < -0.39 is 11.8 Å². The van der Waals surface area contributed by atoms with Gasteiger partial charge in [0, 0.05) is 5.56 Å². The van der Waals surface area contributed by atoms with Crippen molar-refractivity contribution in [2.45, 2.75) is 33.1 Å². The van der Waals surface area contributed by atoms with E-state index >= 15 is 0 Å². The third-order valence-corrected chi connectivity index (χ3v) is 3.94. The van der Waals surface area contributed by atoms with E-state index in [9.17, 15) is 14.3 Å². The van der Waals surface area contributed by atoms with Gasteiger partial charge in [-0.25, -0.2) is 9.18 Å². The first kappa shape index (κ1) is 18.7. The highest BCUT2D eigenvalue weighted by atomic mass is 19.1. The van der Waals surface area contributed by atoms with Crippen molar-refractivity contribution < 1.29 is 19.0 Å². The number of carbonyl (C=O) groups is 1. The maximum absolute atomic E-state index is 13.8. The van der Waals surface area contributed by atoms with Crippen LogP contribution in [-0.4, -0.2) is 17.7 Å². The van der Waals surface area contributed by atoms with E-state index in [4.69, 9.17) is 4.74 Å². The standard InChI is InChI=1S/C21H23FO3/c1-3-4-7-12-25-20-9-6-5-8-17(20)13-18(21(23)24)16-11-10-15(2)19(22)14-16/h5-6,8-11,13-14H,3-4,7,12H2,1-2H3,(H,23,24)/b18-13-. The van der Waals surface area contributed by atoms with Crippen molar-refractivity contribution in [3.05, 3.63) is 65.0 Å². The van der Waals surface area contributed by atoms with Crippen molar-refractivity contribution in [1.82, 2.24) is 0 Å². The van der Waals surface area contributed by atoms with Crippen molar-refractivity contribution in [3.63, 3.8) is 0 Å². The first-order chi connectivity index (χ1) is 12.0. The van der Waals surface area contributed by atoms with Crippen molar-refractivity contribution >= 4 is 17.6 Å². The molecule has 3 nitrogen and oxygen atoms in total. The Morgan fingerprint density at radius 3 is 2.64 bits per heavy atom. The molecule has 0 spiro atoms. The Morgan fingerprint density at radius 1 is 1.20 bits per heavy atom. The van der Waals surface area contributed by atoms with Gasteiger partial charge in [-0.2, -0.15) is 0 Å². The lowest BCUT2D eigenvalue weighted by atomic mass is 10.0. The molecule has 25 heavy (non-hydrogen) atoms. The summed E-state index contributed by atoms with van der Waals surface area (Å²) < 4.78 is 19.6. The number of para-hydroxylation sites is 1. The van der Waals surface area contributed by atoms with Crippen molar-refractivity contribution in [2.75, 3.05) is 6.61 Å². The number of carboxylic acids is 1. The quantitative estimate of drug-likeness (QED) is 0.401. The Kier molecular flexibility index (Phi) is 6.75. The lowest BCUT2D eigenvalue weighted by molar-refractivity contribution is -0.130.